The third-order valence-electron chi connectivity index (χ3n) is 3.77. The van der Waals surface area contributed by atoms with Crippen LogP contribution >= 0.6 is 0 Å². The summed E-state index contributed by atoms with van der Waals surface area (Å²) in [5.41, 5.74) is 0. The molecule has 0 spiro atoms. The molecule has 13 heavy (non-hydrogen) atoms. The average Bonchev–Trinajstić information content (AvgIpc) is 2.21. The van der Waals surface area contributed by atoms with Gasteiger partial charge in [-0.3, -0.25) is 0 Å². The molecule has 0 radical (unpaired) electrons. The van der Waals surface area contributed by atoms with Crippen molar-refractivity contribution in [3.8, 4) is 0 Å². The van der Waals surface area contributed by atoms with Crippen LogP contribution in [-0.4, -0.2) is 13.1 Å². The summed E-state index contributed by atoms with van der Waals surface area (Å²) >= 11 is 0. The van der Waals surface area contributed by atoms with E-state index in [9.17, 15) is 0 Å². The van der Waals surface area contributed by atoms with Gasteiger partial charge in [0.25, 0.3) is 0 Å². The Hall–Kier alpha value is 0.250. The summed E-state index contributed by atoms with van der Waals surface area (Å²) in [4.78, 5) is 0. The van der Waals surface area contributed by atoms with Gasteiger partial charge in [0.05, 0.1) is 13.1 Å². The minimum absolute atomic E-state index is 0. The Bertz CT molecular complexity index is 110. The maximum atomic E-state index is 2.53. The van der Waals surface area contributed by atoms with E-state index in [1.165, 1.54) is 45.2 Å². The summed E-state index contributed by atoms with van der Waals surface area (Å²) in [5, 5.41) is 2.53. The second kappa shape index (κ2) is 5.87. The first-order valence-electron chi connectivity index (χ1n) is 5.78. The largest absolute Gasteiger partial charge is 1.00 e. The first kappa shape index (κ1) is 11.3. The van der Waals surface area contributed by atoms with Crippen LogP contribution < -0.4 is 17.7 Å². The molecule has 0 aromatic rings. The van der Waals surface area contributed by atoms with Crippen molar-refractivity contribution in [3.05, 3.63) is 0 Å². The summed E-state index contributed by atoms with van der Waals surface area (Å²) in [5.74, 6) is 2.19. The molecule has 1 nitrogen and oxygen atoms in total. The molecule has 1 unspecified atom stereocenters. The topological polar surface area (TPSA) is 16.6 Å². The highest BCUT2D eigenvalue weighted by Gasteiger charge is 2.26. The Morgan fingerprint density at radius 2 is 1.46 bits per heavy atom. The number of halogens is 1. The van der Waals surface area contributed by atoms with Crippen molar-refractivity contribution in [1.29, 1.82) is 0 Å². The van der Waals surface area contributed by atoms with Crippen molar-refractivity contribution < 1.29 is 17.7 Å². The third kappa shape index (κ3) is 3.14. The van der Waals surface area contributed by atoms with E-state index in [0.717, 1.165) is 11.8 Å². The first-order chi connectivity index (χ1) is 5.97. The van der Waals surface area contributed by atoms with Crippen molar-refractivity contribution in [2.75, 3.05) is 13.1 Å². The molecule has 78 valence electrons. The molecule has 1 atom stereocenters. The van der Waals surface area contributed by atoms with Crippen molar-refractivity contribution in [3.63, 3.8) is 0 Å². The van der Waals surface area contributed by atoms with Crippen LogP contribution in [-0.2, 0) is 0 Å². The van der Waals surface area contributed by atoms with Gasteiger partial charge >= 0.3 is 0 Å². The highest BCUT2D eigenvalue weighted by Crippen LogP contribution is 2.32. The second-order valence-corrected chi connectivity index (χ2v) is 4.61. The molecule has 2 heteroatoms. The smallest absolute Gasteiger partial charge is 0.0786 e. The summed E-state index contributed by atoms with van der Waals surface area (Å²) in [6, 6.07) is 0. The number of piperidine rings is 1. The highest BCUT2D eigenvalue weighted by atomic mass is 35.5. The Kier molecular flexibility index (Phi) is 5.12. The molecule has 0 amide bonds. The van der Waals surface area contributed by atoms with Crippen molar-refractivity contribution in [2.45, 2.75) is 44.9 Å². The number of hydrogen-bond acceptors (Lipinski definition) is 0. The molecule has 1 heterocycles. The van der Waals surface area contributed by atoms with Crippen molar-refractivity contribution in [1.82, 2.24) is 0 Å². The monoisotopic (exact) mass is 203 g/mol. The lowest BCUT2D eigenvalue weighted by Gasteiger charge is -2.31. The predicted octanol–water partition coefficient (Wildman–Crippen LogP) is -1.46. The molecule has 0 bridgehead atoms. The fourth-order valence-electron chi connectivity index (χ4n) is 3.01. The SMILES string of the molecule is C1CCC(C2CCC[NH2+]C2)CC1.[Cl-]. The van der Waals surface area contributed by atoms with Crippen LogP contribution in [0.2, 0.25) is 0 Å². The fourth-order valence-corrected chi connectivity index (χ4v) is 3.01. The third-order valence-corrected chi connectivity index (χ3v) is 3.77. The molecule has 2 N–H and O–H groups in total. The van der Waals surface area contributed by atoms with Crippen LogP contribution in [0.1, 0.15) is 44.9 Å². The van der Waals surface area contributed by atoms with Crippen LogP contribution in [0.4, 0.5) is 0 Å². The number of rotatable bonds is 1. The van der Waals surface area contributed by atoms with E-state index in [-0.39, 0.29) is 12.4 Å². The minimum Gasteiger partial charge on any atom is -1.00 e. The van der Waals surface area contributed by atoms with Crippen LogP contribution in [0.15, 0.2) is 0 Å². The Balaban J connectivity index is 0.000000845. The molecule has 0 aromatic carbocycles. The van der Waals surface area contributed by atoms with E-state index < -0.39 is 0 Å². The Morgan fingerprint density at radius 1 is 0.769 bits per heavy atom. The van der Waals surface area contributed by atoms with Gasteiger partial charge in [-0.1, -0.05) is 19.3 Å². The van der Waals surface area contributed by atoms with Crippen LogP contribution in [0.3, 0.4) is 0 Å². The number of nitrogens with two attached hydrogens (primary N) is 1. The average molecular weight is 204 g/mol. The van der Waals surface area contributed by atoms with Gasteiger partial charge < -0.3 is 17.7 Å². The van der Waals surface area contributed by atoms with Gasteiger partial charge in [0.1, 0.15) is 0 Å². The summed E-state index contributed by atoms with van der Waals surface area (Å²) < 4.78 is 0. The molecule has 2 fully saturated rings. The zero-order valence-electron chi connectivity index (χ0n) is 8.47. The Morgan fingerprint density at radius 3 is 2.08 bits per heavy atom. The van der Waals surface area contributed by atoms with Crippen LogP contribution in [0, 0.1) is 11.8 Å². The minimum atomic E-state index is 0. The number of hydrogen-bond donors (Lipinski definition) is 1. The molecule has 1 aliphatic carbocycles. The van der Waals surface area contributed by atoms with Gasteiger partial charge in [0.2, 0.25) is 0 Å². The molecular weight excluding hydrogens is 182 g/mol. The van der Waals surface area contributed by atoms with E-state index in [4.69, 9.17) is 0 Å². The van der Waals surface area contributed by atoms with Gasteiger partial charge in [0, 0.05) is 5.92 Å². The van der Waals surface area contributed by atoms with Gasteiger partial charge in [-0.15, -0.1) is 0 Å². The molecule has 2 rings (SSSR count). The highest BCUT2D eigenvalue weighted by molar-refractivity contribution is 4.74. The normalized spacial score (nSPS) is 30.9. The summed E-state index contributed by atoms with van der Waals surface area (Å²) in [6.07, 6.45) is 10.6. The lowest BCUT2D eigenvalue weighted by molar-refractivity contribution is -0.670. The zero-order valence-corrected chi connectivity index (χ0v) is 9.23. The molecular formula is C11H22ClN. The van der Waals surface area contributed by atoms with E-state index in [1.807, 2.05) is 0 Å². The van der Waals surface area contributed by atoms with Crippen molar-refractivity contribution in [2.24, 2.45) is 11.8 Å². The van der Waals surface area contributed by atoms with Crippen molar-refractivity contribution >= 4 is 0 Å². The second-order valence-electron chi connectivity index (χ2n) is 4.61. The van der Waals surface area contributed by atoms with E-state index >= 15 is 0 Å². The number of quaternary nitrogens is 1. The Labute approximate surface area is 88.1 Å². The fraction of sp³-hybridized carbons (Fsp3) is 1.00. The standard InChI is InChI=1S/C11H21N.ClH/c1-2-5-10(6-3-1)11-7-4-8-12-9-11;/h10-12H,1-9H2;1H. The van der Waals surface area contributed by atoms with Crippen LogP contribution in [0.5, 0.6) is 0 Å². The molecule has 0 aromatic heterocycles. The van der Waals surface area contributed by atoms with Crippen LogP contribution in [0.25, 0.3) is 0 Å². The van der Waals surface area contributed by atoms with Gasteiger partial charge in [-0.2, -0.15) is 0 Å². The lowest BCUT2D eigenvalue weighted by Crippen LogP contribution is -3.00. The van der Waals surface area contributed by atoms with E-state index in [0.29, 0.717) is 0 Å². The van der Waals surface area contributed by atoms with Gasteiger partial charge in [0.15, 0.2) is 0 Å². The predicted molar refractivity (Wildman–Crippen MR) is 51.0 cm³/mol. The molecule has 1 saturated carbocycles. The quantitative estimate of drug-likeness (QED) is 0.537. The molecule has 1 aliphatic heterocycles. The molecule has 1 saturated heterocycles. The van der Waals surface area contributed by atoms with E-state index in [1.54, 1.807) is 12.8 Å². The van der Waals surface area contributed by atoms with E-state index in [2.05, 4.69) is 5.32 Å². The lowest BCUT2D eigenvalue weighted by atomic mass is 9.77. The first-order valence-corrected chi connectivity index (χ1v) is 5.78. The maximum absolute atomic E-state index is 2.53. The van der Waals surface area contributed by atoms with Gasteiger partial charge in [-0.05, 0) is 31.6 Å². The summed E-state index contributed by atoms with van der Waals surface area (Å²) in [7, 11) is 0. The summed E-state index contributed by atoms with van der Waals surface area (Å²) in [6.45, 7) is 2.83. The zero-order chi connectivity index (χ0) is 8.23. The van der Waals surface area contributed by atoms with Gasteiger partial charge in [-0.25, -0.2) is 0 Å². The molecule has 2 aliphatic rings. The maximum Gasteiger partial charge on any atom is 0.0786 e.